The molecule has 2 aromatic heterocycles. The van der Waals surface area contributed by atoms with Gasteiger partial charge < -0.3 is 14.7 Å². The van der Waals surface area contributed by atoms with Crippen molar-refractivity contribution in [1.29, 1.82) is 0 Å². The molecule has 1 aliphatic rings. The van der Waals surface area contributed by atoms with E-state index in [0.717, 1.165) is 24.7 Å². The van der Waals surface area contributed by atoms with Crippen LogP contribution in [-0.2, 0) is 0 Å². The average Bonchev–Trinajstić information content (AvgIpc) is 2.56. The highest BCUT2D eigenvalue weighted by molar-refractivity contribution is 5.47. The Bertz CT molecular complexity index is 623. The molecule has 1 saturated heterocycles. The van der Waals surface area contributed by atoms with Crippen molar-refractivity contribution in [3.63, 3.8) is 0 Å². The van der Waals surface area contributed by atoms with Crippen molar-refractivity contribution < 1.29 is 4.39 Å². The van der Waals surface area contributed by atoms with Crippen molar-refractivity contribution in [2.24, 2.45) is 0 Å². The summed E-state index contributed by atoms with van der Waals surface area (Å²) in [5.74, 6) is 1.65. The highest BCUT2D eigenvalue weighted by Gasteiger charge is 2.21. The number of halogens is 1. The lowest BCUT2D eigenvalue weighted by Gasteiger charge is -2.35. The second-order valence-electron chi connectivity index (χ2n) is 5.31. The van der Waals surface area contributed by atoms with Gasteiger partial charge in [0.2, 0.25) is 0 Å². The molecule has 0 atom stereocenters. The molecule has 0 bridgehead atoms. The van der Waals surface area contributed by atoms with Crippen LogP contribution in [-0.4, -0.2) is 60.4 Å². The predicted molar refractivity (Wildman–Crippen MR) is 82.8 cm³/mol. The van der Waals surface area contributed by atoms with Gasteiger partial charge >= 0.3 is 0 Å². The molecular formula is C14H18FN7. The Hall–Kier alpha value is -2.51. The third kappa shape index (κ3) is 2.90. The van der Waals surface area contributed by atoms with E-state index in [9.17, 15) is 4.39 Å². The smallest absolute Gasteiger partial charge is 0.183 e. The minimum Gasteiger partial charge on any atom is -0.361 e. The highest BCUT2D eigenvalue weighted by atomic mass is 19.1. The molecule has 116 valence electrons. The van der Waals surface area contributed by atoms with E-state index < -0.39 is 0 Å². The molecule has 0 radical (unpaired) electrons. The van der Waals surface area contributed by atoms with Crippen molar-refractivity contribution in [1.82, 2.24) is 20.2 Å². The number of aromatic nitrogens is 4. The van der Waals surface area contributed by atoms with Crippen LogP contribution >= 0.6 is 0 Å². The summed E-state index contributed by atoms with van der Waals surface area (Å²) in [6.07, 6.45) is 2.57. The fraction of sp³-hybridized carbons (Fsp3) is 0.429. The molecule has 8 heteroatoms. The van der Waals surface area contributed by atoms with Crippen LogP contribution < -0.4 is 14.7 Å². The topological polar surface area (TPSA) is 61.3 Å². The zero-order valence-corrected chi connectivity index (χ0v) is 12.6. The molecular weight excluding hydrogens is 285 g/mol. The van der Waals surface area contributed by atoms with E-state index in [1.165, 1.54) is 12.5 Å². The Kier molecular flexibility index (Phi) is 3.99. The largest absolute Gasteiger partial charge is 0.361 e. The van der Waals surface area contributed by atoms with Crippen LogP contribution in [0.25, 0.3) is 0 Å². The Morgan fingerprint density at radius 1 is 1.05 bits per heavy atom. The van der Waals surface area contributed by atoms with Gasteiger partial charge in [-0.1, -0.05) is 0 Å². The highest BCUT2D eigenvalue weighted by Crippen LogP contribution is 2.19. The molecule has 0 saturated carbocycles. The summed E-state index contributed by atoms with van der Waals surface area (Å²) in [5.41, 5.74) is 0. The second kappa shape index (κ2) is 6.08. The number of hydrogen-bond donors (Lipinski definition) is 0. The minimum absolute atomic E-state index is 0.365. The van der Waals surface area contributed by atoms with Crippen LogP contribution in [0.3, 0.4) is 0 Å². The normalized spacial score (nSPS) is 15.0. The number of nitrogens with zero attached hydrogens (tertiary/aromatic N) is 7. The molecule has 7 nitrogen and oxygen atoms in total. The van der Waals surface area contributed by atoms with E-state index in [1.807, 2.05) is 36.0 Å². The van der Waals surface area contributed by atoms with E-state index in [-0.39, 0.29) is 5.82 Å². The van der Waals surface area contributed by atoms with Gasteiger partial charge in [0, 0.05) is 40.3 Å². The van der Waals surface area contributed by atoms with Gasteiger partial charge in [-0.15, -0.1) is 10.2 Å². The molecule has 22 heavy (non-hydrogen) atoms. The second-order valence-corrected chi connectivity index (χ2v) is 5.31. The first-order valence-corrected chi connectivity index (χ1v) is 7.11. The molecule has 0 N–H and O–H groups in total. The standard InChI is InChI=1S/C14H18FN7/c1-20(2)12-3-4-13(19-18-12)21-5-7-22(8-6-21)14-11(15)9-16-10-17-14/h3-4,9-10H,5-8H2,1-2H3. The summed E-state index contributed by atoms with van der Waals surface area (Å²) in [6, 6.07) is 3.90. The molecule has 0 aliphatic carbocycles. The summed E-state index contributed by atoms with van der Waals surface area (Å²) in [7, 11) is 3.86. The van der Waals surface area contributed by atoms with E-state index in [4.69, 9.17) is 0 Å². The summed E-state index contributed by atoms with van der Waals surface area (Å²) in [4.78, 5) is 13.7. The molecule has 3 rings (SSSR count). The van der Waals surface area contributed by atoms with Crippen LogP contribution in [0.15, 0.2) is 24.7 Å². The molecule has 0 spiro atoms. The van der Waals surface area contributed by atoms with Crippen LogP contribution in [0.1, 0.15) is 0 Å². The van der Waals surface area contributed by atoms with Crippen molar-refractivity contribution in [3.05, 3.63) is 30.5 Å². The number of hydrogen-bond acceptors (Lipinski definition) is 7. The van der Waals surface area contributed by atoms with Gasteiger partial charge in [-0.25, -0.2) is 14.4 Å². The van der Waals surface area contributed by atoms with Gasteiger partial charge in [-0.3, -0.25) is 0 Å². The predicted octanol–water partition coefficient (Wildman–Crippen LogP) is 0.798. The molecule has 0 aromatic carbocycles. The monoisotopic (exact) mass is 303 g/mol. The fourth-order valence-corrected chi connectivity index (χ4v) is 2.41. The first-order chi connectivity index (χ1) is 10.6. The van der Waals surface area contributed by atoms with Crippen LogP contribution in [0.2, 0.25) is 0 Å². The first-order valence-electron chi connectivity index (χ1n) is 7.11. The molecule has 0 amide bonds. The van der Waals surface area contributed by atoms with E-state index in [2.05, 4.69) is 25.1 Å². The van der Waals surface area contributed by atoms with Gasteiger partial charge in [0.25, 0.3) is 0 Å². The Labute approximate surface area is 128 Å². The Morgan fingerprint density at radius 2 is 1.77 bits per heavy atom. The van der Waals surface area contributed by atoms with Crippen molar-refractivity contribution in [3.8, 4) is 0 Å². The molecule has 1 fully saturated rings. The van der Waals surface area contributed by atoms with E-state index in [1.54, 1.807) is 0 Å². The van der Waals surface area contributed by atoms with Gasteiger partial charge in [-0.2, -0.15) is 0 Å². The summed E-state index contributed by atoms with van der Waals surface area (Å²) < 4.78 is 13.7. The van der Waals surface area contributed by atoms with Crippen molar-refractivity contribution in [2.75, 3.05) is 55.0 Å². The first kappa shape index (κ1) is 14.4. The fourth-order valence-electron chi connectivity index (χ4n) is 2.41. The van der Waals surface area contributed by atoms with Gasteiger partial charge in [0.15, 0.2) is 23.3 Å². The zero-order chi connectivity index (χ0) is 15.5. The number of rotatable bonds is 3. The van der Waals surface area contributed by atoms with Crippen LogP contribution in [0.4, 0.5) is 21.8 Å². The number of anilines is 3. The maximum absolute atomic E-state index is 13.7. The Morgan fingerprint density at radius 3 is 2.36 bits per heavy atom. The van der Waals surface area contributed by atoms with Gasteiger partial charge in [0.1, 0.15) is 6.33 Å². The number of piperazine rings is 1. The lowest BCUT2D eigenvalue weighted by molar-refractivity contribution is 0.580. The summed E-state index contributed by atoms with van der Waals surface area (Å²) in [5, 5.41) is 8.44. The van der Waals surface area contributed by atoms with Crippen molar-refractivity contribution >= 4 is 17.5 Å². The quantitative estimate of drug-likeness (QED) is 0.831. The lowest BCUT2D eigenvalue weighted by Crippen LogP contribution is -2.47. The van der Waals surface area contributed by atoms with E-state index in [0.29, 0.717) is 18.9 Å². The van der Waals surface area contributed by atoms with E-state index >= 15 is 0 Å². The molecule has 0 unspecified atom stereocenters. The van der Waals surface area contributed by atoms with Crippen LogP contribution in [0.5, 0.6) is 0 Å². The van der Waals surface area contributed by atoms with Crippen LogP contribution in [0, 0.1) is 5.82 Å². The summed E-state index contributed by atoms with van der Waals surface area (Å²) >= 11 is 0. The van der Waals surface area contributed by atoms with Crippen molar-refractivity contribution in [2.45, 2.75) is 0 Å². The SMILES string of the molecule is CN(C)c1ccc(N2CCN(c3ncncc3F)CC2)nn1. The molecule has 1 aliphatic heterocycles. The van der Waals surface area contributed by atoms with Gasteiger partial charge in [0.05, 0.1) is 6.20 Å². The third-order valence-electron chi connectivity index (χ3n) is 3.65. The third-order valence-corrected chi connectivity index (χ3v) is 3.65. The zero-order valence-electron chi connectivity index (χ0n) is 12.6. The minimum atomic E-state index is -0.383. The maximum Gasteiger partial charge on any atom is 0.183 e. The molecule has 3 heterocycles. The lowest BCUT2D eigenvalue weighted by atomic mass is 10.3. The molecule has 2 aromatic rings. The Balaban J connectivity index is 1.65. The maximum atomic E-state index is 13.7. The average molecular weight is 303 g/mol. The van der Waals surface area contributed by atoms with Gasteiger partial charge in [-0.05, 0) is 12.1 Å². The summed E-state index contributed by atoms with van der Waals surface area (Å²) in [6.45, 7) is 2.87.